The maximum Gasteiger partial charge on any atom is 0.311 e. The molecule has 0 fully saturated rings. The van der Waals surface area contributed by atoms with E-state index < -0.39 is 0 Å². The Balaban J connectivity index is 3.11. The van der Waals surface area contributed by atoms with Gasteiger partial charge >= 0.3 is 5.69 Å². The highest BCUT2D eigenvalue weighted by molar-refractivity contribution is 5.61. The standard InChI is InChI=1S/C14H25N5O2/c1-5-9-18(11-10-17(3)4)14-12(19(20)21)7-8-13(16-14)15-6-2/h7-8H,5-6,9-11H2,1-4H3,(H,15,16). The molecule has 1 rings (SSSR count). The maximum atomic E-state index is 11.2. The molecule has 0 bridgehead atoms. The maximum absolute atomic E-state index is 11.2. The highest BCUT2D eigenvalue weighted by atomic mass is 16.6. The van der Waals surface area contributed by atoms with E-state index in [9.17, 15) is 10.1 Å². The van der Waals surface area contributed by atoms with Crippen LogP contribution in [0.15, 0.2) is 12.1 Å². The number of pyridine rings is 1. The summed E-state index contributed by atoms with van der Waals surface area (Å²) in [6.07, 6.45) is 0.914. The molecule has 7 heteroatoms. The molecule has 0 unspecified atom stereocenters. The summed E-state index contributed by atoms with van der Waals surface area (Å²) >= 11 is 0. The molecule has 0 aliphatic rings. The third kappa shape index (κ3) is 5.18. The molecule has 1 N–H and O–H groups in total. The molecule has 1 aromatic rings. The molecule has 21 heavy (non-hydrogen) atoms. The molecule has 0 amide bonds. The topological polar surface area (TPSA) is 74.5 Å². The van der Waals surface area contributed by atoms with Gasteiger partial charge in [-0.2, -0.15) is 0 Å². The van der Waals surface area contributed by atoms with Crippen molar-refractivity contribution < 1.29 is 4.92 Å². The largest absolute Gasteiger partial charge is 0.370 e. The Morgan fingerprint density at radius 3 is 2.48 bits per heavy atom. The summed E-state index contributed by atoms with van der Waals surface area (Å²) in [6, 6.07) is 3.18. The minimum atomic E-state index is -0.365. The Hall–Kier alpha value is -1.89. The predicted octanol–water partition coefficient (Wildman–Crippen LogP) is 2.20. The van der Waals surface area contributed by atoms with Crippen LogP contribution in [0, 0.1) is 10.1 Å². The van der Waals surface area contributed by atoms with Crippen molar-refractivity contribution in [1.29, 1.82) is 0 Å². The second-order valence-corrected chi connectivity index (χ2v) is 5.12. The van der Waals surface area contributed by atoms with E-state index >= 15 is 0 Å². The summed E-state index contributed by atoms with van der Waals surface area (Å²) in [5.74, 6) is 1.12. The third-order valence-corrected chi connectivity index (χ3v) is 3.02. The van der Waals surface area contributed by atoms with Crippen molar-refractivity contribution in [3.8, 4) is 0 Å². The molecule has 1 heterocycles. The normalized spacial score (nSPS) is 10.7. The Morgan fingerprint density at radius 1 is 1.24 bits per heavy atom. The number of nitrogens with zero attached hydrogens (tertiary/aromatic N) is 4. The monoisotopic (exact) mass is 295 g/mol. The van der Waals surface area contributed by atoms with Gasteiger partial charge in [-0.05, 0) is 33.5 Å². The SMILES string of the molecule is CCCN(CCN(C)C)c1nc(NCC)ccc1[N+](=O)[O-]. The zero-order valence-electron chi connectivity index (χ0n) is 13.3. The van der Waals surface area contributed by atoms with Gasteiger partial charge in [-0.15, -0.1) is 0 Å². The van der Waals surface area contributed by atoms with Crippen molar-refractivity contribution in [3.63, 3.8) is 0 Å². The third-order valence-electron chi connectivity index (χ3n) is 3.02. The highest BCUT2D eigenvalue weighted by Gasteiger charge is 2.21. The highest BCUT2D eigenvalue weighted by Crippen LogP contribution is 2.27. The van der Waals surface area contributed by atoms with Crippen LogP contribution in [0.25, 0.3) is 0 Å². The van der Waals surface area contributed by atoms with Gasteiger partial charge in [-0.3, -0.25) is 10.1 Å². The Labute approximate surface area is 126 Å². The summed E-state index contributed by atoms with van der Waals surface area (Å²) in [4.78, 5) is 19.4. The summed E-state index contributed by atoms with van der Waals surface area (Å²) in [6.45, 7) is 7.04. The molecular formula is C14H25N5O2. The van der Waals surface area contributed by atoms with Crippen molar-refractivity contribution in [2.24, 2.45) is 0 Å². The van der Waals surface area contributed by atoms with E-state index in [1.165, 1.54) is 6.07 Å². The van der Waals surface area contributed by atoms with Crippen molar-refractivity contribution in [1.82, 2.24) is 9.88 Å². The van der Waals surface area contributed by atoms with Crippen molar-refractivity contribution in [2.45, 2.75) is 20.3 Å². The number of rotatable bonds is 9. The summed E-state index contributed by atoms with van der Waals surface area (Å²) in [5, 5.41) is 14.4. The minimum Gasteiger partial charge on any atom is -0.370 e. The molecule has 0 aromatic carbocycles. The second-order valence-electron chi connectivity index (χ2n) is 5.12. The van der Waals surface area contributed by atoms with Crippen molar-refractivity contribution in [3.05, 3.63) is 22.2 Å². The van der Waals surface area contributed by atoms with Crippen LogP contribution in [0.4, 0.5) is 17.3 Å². The average molecular weight is 295 g/mol. The van der Waals surface area contributed by atoms with Gasteiger partial charge in [0.15, 0.2) is 0 Å². The Morgan fingerprint density at radius 2 is 1.95 bits per heavy atom. The van der Waals surface area contributed by atoms with Gasteiger partial charge in [0.1, 0.15) is 5.82 Å². The lowest BCUT2D eigenvalue weighted by atomic mass is 10.3. The van der Waals surface area contributed by atoms with Gasteiger partial charge in [-0.25, -0.2) is 4.98 Å². The van der Waals surface area contributed by atoms with E-state index in [-0.39, 0.29) is 10.6 Å². The fourth-order valence-corrected chi connectivity index (χ4v) is 2.01. The zero-order chi connectivity index (χ0) is 15.8. The van der Waals surface area contributed by atoms with Gasteiger partial charge in [0.25, 0.3) is 0 Å². The molecule has 0 saturated carbocycles. The van der Waals surface area contributed by atoms with E-state index in [0.29, 0.717) is 18.2 Å². The van der Waals surface area contributed by atoms with E-state index in [1.807, 2.05) is 25.9 Å². The molecular weight excluding hydrogens is 270 g/mol. The van der Waals surface area contributed by atoms with Crippen LogP contribution in [0.5, 0.6) is 0 Å². The number of nitrogens with one attached hydrogen (secondary N) is 1. The molecule has 118 valence electrons. The predicted molar refractivity (Wildman–Crippen MR) is 86.1 cm³/mol. The smallest absolute Gasteiger partial charge is 0.311 e. The van der Waals surface area contributed by atoms with Crippen molar-refractivity contribution in [2.75, 3.05) is 50.5 Å². The van der Waals surface area contributed by atoms with Crippen LogP contribution in [-0.2, 0) is 0 Å². The molecule has 7 nitrogen and oxygen atoms in total. The first kappa shape index (κ1) is 17.2. The minimum absolute atomic E-state index is 0.0591. The first-order valence-electron chi connectivity index (χ1n) is 7.28. The van der Waals surface area contributed by atoms with E-state index in [2.05, 4.69) is 22.1 Å². The number of hydrogen-bond donors (Lipinski definition) is 1. The van der Waals surface area contributed by atoms with Crippen LogP contribution in [0.3, 0.4) is 0 Å². The molecule has 0 spiro atoms. The van der Waals surface area contributed by atoms with Gasteiger partial charge in [0.05, 0.1) is 4.92 Å². The lowest BCUT2D eigenvalue weighted by Crippen LogP contribution is -2.33. The van der Waals surface area contributed by atoms with Crippen LogP contribution in [-0.4, -0.2) is 55.1 Å². The lowest BCUT2D eigenvalue weighted by molar-refractivity contribution is -0.384. The fraction of sp³-hybridized carbons (Fsp3) is 0.643. The lowest BCUT2D eigenvalue weighted by Gasteiger charge is -2.25. The van der Waals surface area contributed by atoms with Crippen molar-refractivity contribution >= 4 is 17.3 Å². The van der Waals surface area contributed by atoms with Gasteiger partial charge in [0, 0.05) is 32.2 Å². The molecule has 0 aliphatic carbocycles. The Bertz CT molecular complexity index is 465. The summed E-state index contributed by atoms with van der Waals surface area (Å²) < 4.78 is 0. The molecule has 0 saturated heterocycles. The van der Waals surface area contributed by atoms with E-state index in [1.54, 1.807) is 6.07 Å². The summed E-state index contributed by atoms with van der Waals surface area (Å²) in [5.41, 5.74) is 0.0591. The quantitative estimate of drug-likeness (QED) is 0.556. The Kier molecular flexibility index (Phi) is 6.87. The molecule has 0 atom stereocenters. The van der Waals surface area contributed by atoms with Crippen LogP contribution < -0.4 is 10.2 Å². The van der Waals surface area contributed by atoms with Crippen LogP contribution >= 0.6 is 0 Å². The summed E-state index contributed by atoms with van der Waals surface area (Å²) in [7, 11) is 3.97. The molecule has 1 aromatic heterocycles. The average Bonchev–Trinajstić information content (AvgIpc) is 2.43. The fourth-order valence-electron chi connectivity index (χ4n) is 2.01. The van der Waals surface area contributed by atoms with Gasteiger partial charge in [-0.1, -0.05) is 6.92 Å². The molecule has 0 aliphatic heterocycles. The van der Waals surface area contributed by atoms with Crippen LogP contribution in [0.2, 0.25) is 0 Å². The number of hydrogen-bond acceptors (Lipinski definition) is 6. The van der Waals surface area contributed by atoms with E-state index in [4.69, 9.17) is 0 Å². The zero-order valence-corrected chi connectivity index (χ0v) is 13.3. The van der Waals surface area contributed by atoms with Gasteiger partial charge in [0.2, 0.25) is 5.82 Å². The van der Waals surface area contributed by atoms with Crippen LogP contribution in [0.1, 0.15) is 20.3 Å². The first-order chi connectivity index (χ1) is 9.99. The number of nitro groups is 1. The number of anilines is 2. The first-order valence-corrected chi connectivity index (χ1v) is 7.28. The molecule has 0 radical (unpaired) electrons. The number of likely N-dealkylation sites (N-methyl/N-ethyl adjacent to an activating group) is 1. The number of aromatic nitrogens is 1. The van der Waals surface area contributed by atoms with Gasteiger partial charge < -0.3 is 15.1 Å². The van der Waals surface area contributed by atoms with E-state index in [0.717, 1.165) is 26.1 Å². The second kappa shape index (κ2) is 8.41.